The minimum absolute atomic E-state index is 0.107. The molecule has 0 amide bonds. The van der Waals surface area contributed by atoms with Gasteiger partial charge in [0.05, 0.1) is 0 Å². The van der Waals surface area contributed by atoms with Gasteiger partial charge in [0.2, 0.25) is 0 Å². The van der Waals surface area contributed by atoms with E-state index in [0.717, 1.165) is 0 Å². The SMILES string of the molecule is CNC(C)(CCCOCC(F)(F)F)C(=O)O. The topological polar surface area (TPSA) is 58.6 Å². The quantitative estimate of drug-likeness (QED) is 0.664. The summed E-state index contributed by atoms with van der Waals surface area (Å²) in [5, 5.41) is 11.4. The highest BCUT2D eigenvalue weighted by Gasteiger charge is 2.31. The standard InChI is InChI=1S/C9H16F3NO3/c1-8(13-2,7(14)15)4-3-5-16-6-9(10,11)12/h13H,3-6H2,1-2H3,(H,14,15). The predicted octanol–water partition coefficient (Wildman–Crippen LogP) is 1.41. The summed E-state index contributed by atoms with van der Waals surface area (Å²) in [6, 6.07) is 0. The number of ether oxygens (including phenoxy) is 1. The Morgan fingerprint density at radius 1 is 1.44 bits per heavy atom. The summed E-state index contributed by atoms with van der Waals surface area (Å²) in [5.74, 6) is -1.04. The summed E-state index contributed by atoms with van der Waals surface area (Å²) in [5.41, 5.74) is -1.12. The van der Waals surface area contributed by atoms with E-state index < -0.39 is 24.3 Å². The molecule has 0 radical (unpaired) electrons. The van der Waals surface area contributed by atoms with Crippen LogP contribution < -0.4 is 5.32 Å². The lowest BCUT2D eigenvalue weighted by Gasteiger charge is -2.23. The molecule has 0 saturated carbocycles. The van der Waals surface area contributed by atoms with Crippen molar-refractivity contribution in [2.75, 3.05) is 20.3 Å². The van der Waals surface area contributed by atoms with Gasteiger partial charge in [-0.15, -0.1) is 0 Å². The lowest BCUT2D eigenvalue weighted by atomic mass is 9.96. The first-order valence-electron chi connectivity index (χ1n) is 4.78. The molecule has 0 aliphatic rings. The molecule has 4 nitrogen and oxygen atoms in total. The van der Waals surface area contributed by atoms with E-state index in [4.69, 9.17) is 5.11 Å². The molecule has 0 spiro atoms. The van der Waals surface area contributed by atoms with Crippen LogP contribution in [0.5, 0.6) is 0 Å². The van der Waals surface area contributed by atoms with E-state index in [1.165, 1.54) is 14.0 Å². The van der Waals surface area contributed by atoms with Gasteiger partial charge in [0.15, 0.2) is 0 Å². The van der Waals surface area contributed by atoms with Crippen molar-refractivity contribution >= 4 is 5.97 Å². The van der Waals surface area contributed by atoms with Crippen LogP contribution in [-0.4, -0.2) is 43.1 Å². The van der Waals surface area contributed by atoms with Crippen LogP contribution in [0.4, 0.5) is 13.2 Å². The van der Waals surface area contributed by atoms with Crippen molar-refractivity contribution < 1.29 is 27.8 Å². The van der Waals surface area contributed by atoms with Crippen LogP contribution in [0, 0.1) is 0 Å². The number of carboxylic acids is 1. The van der Waals surface area contributed by atoms with Crippen molar-refractivity contribution in [2.45, 2.75) is 31.5 Å². The molecule has 1 atom stereocenters. The Morgan fingerprint density at radius 2 is 2.00 bits per heavy atom. The fourth-order valence-corrected chi connectivity index (χ4v) is 1.05. The Labute approximate surface area is 91.8 Å². The number of hydrogen-bond donors (Lipinski definition) is 2. The Kier molecular flexibility index (Phi) is 5.74. The third-order valence-electron chi connectivity index (χ3n) is 2.25. The lowest BCUT2D eigenvalue weighted by Crippen LogP contribution is -2.47. The van der Waals surface area contributed by atoms with Crippen molar-refractivity contribution in [3.8, 4) is 0 Å². The number of nitrogens with one attached hydrogen (secondary N) is 1. The summed E-state index contributed by atoms with van der Waals surface area (Å²) in [4.78, 5) is 10.8. The van der Waals surface area contributed by atoms with Gasteiger partial charge in [0, 0.05) is 6.61 Å². The molecular weight excluding hydrogens is 227 g/mol. The normalized spacial score (nSPS) is 15.8. The molecule has 0 aromatic heterocycles. The Hall–Kier alpha value is -0.820. The van der Waals surface area contributed by atoms with Crippen LogP contribution in [-0.2, 0) is 9.53 Å². The largest absolute Gasteiger partial charge is 0.480 e. The number of alkyl halides is 3. The van der Waals surface area contributed by atoms with Crippen LogP contribution in [0.3, 0.4) is 0 Å². The first kappa shape index (κ1) is 15.2. The van der Waals surface area contributed by atoms with Crippen LogP contribution in [0.2, 0.25) is 0 Å². The Bertz CT molecular complexity index is 233. The molecule has 7 heteroatoms. The smallest absolute Gasteiger partial charge is 0.411 e. The van der Waals surface area contributed by atoms with Crippen molar-refractivity contribution in [3.05, 3.63) is 0 Å². The highest BCUT2D eigenvalue weighted by Crippen LogP contribution is 2.16. The summed E-state index contributed by atoms with van der Waals surface area (Å²) < 4.78 is 39.4. The molecule has 0 aliphatic heterocycles. The monoisotopic (exact) mass is 243 g/mol. The lowest BCUT2D eigenvalue weighted by molar-refractivity contribution is -0.174. The molecular formula is C9H16F3NO3. The van der Waals surface area contributed by atoms with Crippen LogP contribution in [0.25, 0.3) is 0 Å². The maximum atomic E-state index is 11.7. The van der Waals surface area contributed by atoms with Gasteiger partial charge < -0.3 is 15.2 Å². The van der Waals surface area contributed by atoms with E-state index in [2.05, 4.69) is 10.1 Å². The van der Waals surface area contributed by atoms with Crippen LogP contribution in [0.1, 0.15) is 19.8 Å². The Morgan fingerprint density at radius 3 is 2.38 bits per heavy atom. The molecule has 0 heterocycles. The second-order valence-electron chi connectivity index (χ2n) is 3.66. The number of carbonyl (C=O) groups is 1. The second-order valence-corrected chi connectivity index (χ2v) is 3.66. The van der Waals surface area contributed by atoms with Crippen LogP contribution in [0.15, 0.2) is 0 Å². The summed E-state index contributed by atoms with van der Waals surface area (Å²) >= 11 is 0. The molecule has 2 N–H and O–H groups in total. The van der Waals surface area contributed by atoms with E-state index in [9.17, 15) is 18.0 Å². The molecule has 0 bridgehead atoms. The first-order valence-corrected chi connectivity index (χ1v) is 4.78. The maximum Gasteiger partial charge on any atom is 0.411 e. The number of hydrogen-bond acceptors (Lipinski definition) is 3. The van der Waals surface area contributed by atoms with Gasteiger partial charge in [-0.2, -0.15) is 13.2 Å². The van der Waals surface area contributed by atoms with Gasteiger partial charge in [-0.1, -0.05) is 0 Å². The van der Waals surface area contributed by atoms with Crippen molar-refractivity contribution in [1.29, 1.82) is 0 Å². The zero-order valence-electron chi connectivity index (χ0n) is 9.23. The number of halogens is 3. The summed E-state index contributed by atoms with van der Waals surface area (Å²) in [6.07, 6.45) is -3.88. The van der Waals surface area contributed by atoms with E-state index in [1.54, 1.807) is 0 Å². The van der Waals surface area contributed by atoms with Crippen molar-refractivity contribution in [2.24, 2.45) is 0 Å². The van der Waals surface area contributed by atoms with Gasteiger partial charge in [-0.25, -0.2) is 0 Å². The molecule has 0 fully saturated rings. The molecule has 0 saturated heterocycles. The molecule has 16 heavy (non-hydrogen) atoms. The highest BCUT2D eigenvalue weighted by atomic mass is 19.4. The maximum absolute atomic E-state index is 11.7. The van der Waals surface area contributed by atoms with Crippen molar-refractivity contribution in [3.63, 3.8) is 0 Å². The first-order chi connectivity index (χ1) is 7.21. The third-order valence-corrected chi connectivity index (χ3v) is 2.25. The molecule has 1 unspecified atom stereocenters. The number of carboxylic acid groups (broad SMARTS) is 1. The molecule has 0 rings (SSSR count). The molecule has 96 valence electrons. The van der Waals surface area contributed by atoms with Gasteiger partial charge in [0.25, 0.3) is 0 Å². The summed E-state index contributed by atoms with van der Waals surface area (Å²) in [7, 11) is 1.49. The fraction of sp³-hybridized carbons (Fsp3) is 0.889. The predicted molar refractivity (Wildman–Crippen MR) is 51.2 cm³/mol. The fourth-order valence-electron chi connectivity index (χ4n) is 1.05. The zero-order valence-corrected chi connectivity index (χ0v) is 9.23. The average Bonchev–Trinajstić information content (AvgIpc) is 2.14. The zero-order chi connectivity index (χ0) is 12.8. The third kappa shape index (κ3) is 5.92. The number of rotatable bonds is 7. The minimum Gasteiger partial charge on any atom is -0.480 e. The van der Waals surface area contributed by atoms with Gasteiger partial charge >= 0.3 is 12.1 Å². The Balaban J connectivity index is 3.77. The van der Waals surface area contributed by atoms with E-state index in [1.807, 2.05) is 0 Å². The van der Waals surface area contributed by atoms with Crippen LogP contribution >= 0.6 is 0 Å². The average molecular weight is 243 g/mol. The van der Waals surface area contributed by atoms with E-state index in [0.29, 0.717) is 0 Å². The van der Waals surface area contributed by atoms with Gasteiger partial charge in [0.1, 0.15) is 12.1 Å². The second kappa shape index (κ2) is 6.05. The minimum atomic E-state index is -4.33. The molecule has 0 aliphatic carbocycles. The van der Waals surface area contributed by atoms with Crippen molar-refractivity contribution in [1.82, 2.24) is 5.32 Å². The molecule has 0 aromatic carbocycles. The number of aliphatic carboxylic acids is 1. The highest BCUT2D eigenvalue weighted by molar-refractivity contribution is 5.78. The molecule has 0 aromatic rings. The van der Waals surface area contributed by atoms with Gasteiger partial charge in [-0.05, 0) is 26.8 Å². The van der Waals surface area contributed by atoms with E-state index in [-0.39, 0.29) is 19.4 Å². The number of likely N-dealkylation sites (N-methyl/N-ethyl adjacent to an activating group) is 1. The summed E-state index contributed by atoms with van der Waals surface area (Å²) in [6.45, 7) is 0.0689. The van der Waals surface area contributed by atoms with Gasteiger partial charge in [-0.3, -0.25) is 4.79 Å². The van der Waals surface area contributed by atoms with E-state index >= 15 is 0 Å².